The van der Waals surface area contributed by atoms with Crippen LogP contribution in [0.2, 0.25) is 0 Å². The van der Waals surface area contributed by atoms with E-state index in [1.54, 1.807) is 11.0 Å². The lowest BCUT2D eigenvalue weighted by molar-refractivity contribution is -0.114. The van der Waals surface area contributed by atoms with Gasteiger partial charge in [0.1, 0.15) is 0 Å². The number of amides is 1. The number of rotatable bonds is 5. The first-order valence-corrected chi connectivity index (χ1v) is 7.79. The molecule has 24 heavy (non-hydrogen) atoms. The molecule has 1 heterocycles. The van der Waals surface area contributed by atoms with Gasteiger partial charge >= 0.3 is 0 Å². The van der Waals surface area contributed by atoms with E-state index in [0.29, 0.717) is 5.69 Å². The molecule has 0 saturated carbocycles. The molecule has 0 saturated heterocycles. The number of benzene rings is 2. The third kappa shape index (κ3) is 3.36. The summed E-state index contributed by atoms with van der Waals surface area (Å²) in [5.74, 6) is -0.193. The van der Waals surface area contributed by atoms with Crippen LogP contribution in [-0.4, -0.2) is 34.4 Å². The number of hydrogen-bond donors (Lipinski definition) is 2. The summed E-state index contributed by atoms with van der Waals surface area (Å²) in [4.78, 5) is 14.1. The van der Waals surface area contributed by atoms with Crippen LogP contribution in [0.25, 0.3) is 17.0 Å². The number of aromatic nitrogens is 2. The fraction of sp³-hybridized carbons (Fsp3) is 0.158. The summed E-state index contributed by atoms with van der Waals surface area (Å²) < 4.78 is 0. The highest BCUT2D eigenvalue weighted by molar-refractivity contribution is 6.04. The Hall–Kier alpha value is -2.92. The van der Waals surface area contributed by atoms with E-state index in [0.717, 1.165) is 22.2 Å². The summed E-state index contributed by atoms with van der Waals surface area (Å²) in [6, 6.07) is 15.4. The molecular weight excluding hydrogens is 302 g/mol. The lowest BCUT2D eigenvalue weighted by Crippen LogP contribution is -2.32. The molecule has 0 radical (unpaired) electrons. The Labute approximate surface area is 140 Å². The van der Waals surface area contributed by atoms with E-state index in [9.17, 15) is 9.90 Å². The summed E-state index contributed by atoms with van der Waals surface area (Å²) >= 11 is 0. The molecule has 1 aromatic heterocycles. The third-order valence-electron chi connectivity index (χ3n) is 3.79. The van der Waals surface area contributed by atoms with Gasteiger partial charge in [-0.3, -0.25) is 9.89 Å². The first-order chi connectivity index (χ1) is 11.7. The molecule has 0 atom stereocenters. The molecule has 2 aromatic carbocycles. The minimum Gasteiger partial charge on any atom is -0.395 e. The number of aliphatic hydroxyl groups is 1. The van der Waals surface area contributed by atoms with Crippen molar-refractivity contribution in [1.29, 1.82) is 0 Å². The zero-order valence-electron chi connectivity index (χ0n) is 13.4. The van der Waals surface area contributed by atoms with Gasteiger partial charge in [-0.15, -0.1) is 0 Å². The van der Waals surface area contributed by atoms with E-state index < -0.39 is 0 Å². The number of carbonyl (C=O) groups is 1. The Morgan fingerprint density at radius 3 is 2.88 bits per heavy atom. The highest BCUT2D eigenvalue weighted by Gasteiger charge is 2.13. The summed E-state index contributed by atoms with van der Waals surface area (Å²) in [7, 11) is 0. The molecule has 3 rings (SSSR count). The average Bonchev–Trinajstić information content (AvgIpc) is 3.01. The number of nitrogens with zero attached hydrogens (tertiary/aromatic N) is 2. The van der Waals surface area contributed by atoms with Crippen molar-refractivity contribution in [2.24, 2.45) is 0 Å². The molecule has 0 aliphatic carbocycles. The molecule has 0 aliphatic rings. The second kappa shape index (κ2) is 7.10. The number of para-hydroxylation sites is 1. The molecule has 0 spiro atoms. The number of aliphatic hydroxyl groups excluding tert-OH is 1. The average molecular weight is 321 g/mol. The first-order valence-electron chi connectivity index (χ1n) is 7.79. The minimum absolute atomic E-state index is 0.0984. The van der Waals surface area contributed by atoms with E-state index in [1.807, 2.05) is 55.5 Å². The van der Waals surface area contributed by atoms with Gasteiger partial charge < -0.3 is 10.0 Å². The second-order valence-electron chi connectivity index (χ2n) is 5.54. The van der Waals surface area contributed by atoms with Crippen molar-refractivity contribution in [2.45, 2.75) is 6.92 Å². The quantitative estimate of drug-likeness (QED) is 0.710. The molecule has 0 bridgehead atoms. The van der Waals surface area contributed by atoms with E-state index in [2.05, 4.69) is 10.2 Å². The highest BCUT2D eigenvalue weighted by atomic mass is 16.3. The van der Waals surface area contributed by atoms with Gasteiger partial charge in [0.15, 0.2) is 0 Å². The second-order valence-corrected chi connectivity index (χ2v) is 5.54. The largest absolute Gasteiger partial charge is 0.395 e. The van der Waals surface area contributed by atoms with Crippen molar-refractivity contribution in [3.05, 3.63) is 65.9 Å². The van der Waals surface area contributed by atoms with Crippen molar-refractivity contribution >= 4 is 28.6 Å². The summed E-state index contributed by atoms with van der Waals surface area (Å²) in [6.45, 7) is 2.11. The van der Waals surface area contributed by atoms with E-state index in [-0.39, 0.29) is 19.1 Å². The number of anilines is 1. The van der Waals surface area contributed by atoms with Crippen LogP contribution >= 0.6 is 0 Å². The maximum Gasteiger partial charge on any atom is 0.251 e. The monoisotopic (exact) mass is 321 g/mol. The van der Waals surface area contributed by atoms with Crippen molar-refractivity contribution in [3.63, 3.8) is 0 Å². The predicted octanol–water partition coefficient (Wildman–Crippen LogP) is 2.91. The van der Waals surface area contributed by atoms with E-state index >= 15 is 0 Å². The smallest absolute Gasteiger partial charge is 0.251 e. The molecule has 3 aromatic rings. The number of nitrogens with one attached hydrogen (secondary N) is 1. The number of aromatic amines is 1. The van der Waals surface area contributed by atoms with Crippen LogP contribution < -0.4 is 4.90 Å². The topological polar surface area (TPSA) is 69.2 Å². The van der Waals surface area contributed by atoms with Crippen molar-refractivity contribution < 1.29 is 9.90 Å². The maximum absolute atomic E-state index is 12.6. The van der Waals surface area contributed by atoms with E-state index in [4.69, 9.17) is 0 Å². The van der Waals surface area contributed by atoms with Gasteiger partial charge in [0, 0.05) is 23.7 Å². The molecule has 0 aliphatic heterocycles. The van der Waals surface area contributed by atoms with Crippen LogP contribution in [0.3, 0.4) is 0 Å². The molecule has 0 unspecified atom stereocenters. The standard InChI is InChI=1S/C19H19N3O2/c1-14-5-4-6-15(13-14)22(11-12-23)19(24)10-9-18-16-7-2-3-8-17(16)20-21-18/h2-10,13,23H,11-12H2,1H3,(H,20,21)/b10-9+. The number of carbonyl (C=O) groups excluding carboxylic acids is 1. The van der Waals surface area contributed by atoms with Gasteiger partial charge in [-0.1, -0.05) is 30.3 Å². The molecule has 1 amide bonds. The molecule has 5 heteroatoms. The Balaban J connectivity index is 1.85. The fourth-order valence-electron chi connectivity index (χ4n) is 2.61. The Morgan fingerprint density at radius 2 is 2.08 bits per heavy atom. The van der Waals surface area contributed by atoms with Crippen LogP contribution in [0, 0.1) is 6.92 Å². The van der Waals surface area contributed by atoms with Crippen molar-refractivity contribution in [2.75, 3.05) is 18.1 Å². The Morgan fingerprint density at radius 1 is 1.25 bits per heavy atom. The van der Waals surface area contributed by atoms with Gasteiger partial charge in [0.05, 0.1) is 17.8 Å². The van der Waals surface area contributed by atoms with Crippen molar-refractivity contribution in [3.8, 4) is 0 Å². The molecular formula is C19H19N3O2. The SMILES string of the molecule is Cc1cccc(N(CCO)C(=O)/C=C/c2n[nH]c3ccccc23)c1. The highest BCUT2D eigenvalue weighted by Crippen LogP contribution is 2.18. The predicted molar refractivity (Wildman–Crippen MR) is 95.7 cm³/mol. The van der Waals surface area contributed by atoms with Crippen LogP contribution in [0.1, 0.15) is 11.3 Å². The summed E-state index contributed by atoms with van der Waals surface area (Å²) in [6.07, 6.45) is 3.18. The zero-order chi connectivity index (χ0) is 16.9. The Kier molecular flexibility index (Phi) is 4.72. The number of fused-ring (bicyclic) bond motifs is 1. The maximum atomic E-state index is 12.6. The van der Waals surface area contributed by atoms with Crippen molar-refractivity contribution in [1.82, 2.24) is 10.2 Å². The molecule has 2 N–H and O–H groups in total. The fourth-order valence-corrected chi connectivity index (χ4v) is 2.61. The minimum atomic E-state index is -0.193. The molecule has 122 valence electrons. The first kappa shape index (κ1) is 16.0. The van der Waals surface area contributed by atoms with E-state index in [1.165, 1.54) is 6.08 Å². The zero-order valence-corrected chi connectivity index (χ0v) is 13.4. The van der Waals surface area contributed by atoms with Gasteiger partial charge in [-0.2, -0.15) is 5.10 Å². The van der Waals surface area contributed by atoms with Gasteiger partial charge in [0.25, 0.3) is 5.91 Å². The number of aryl methyl sites for hydroxylation is 1. The van der Waals surface area contributed by atoms with Crippen LogP contribution in [0.15, 0.2) is 54.6 Å². The van der Waals surface area contributed by atoms with Gasteiger partial charge in [0.2, 0.25) is 0 Å². The lowest BCUT2D eigenvalue weighted by atomic mass is 10.2. The molecule has 0 fully saturated rings. The number of H-pyrrole nitrogens is 1. The van der Waals surface area contributed by atoms with Crippen LogP contribution in [0.4, 0.5) is 5.69 Å². The van der Waals surface area contributed by atoms with Gasteiger partial charge in [-0.25, -0.2) is 0 Å². The molecule has 5 nitrogen and oxygen atoms in total. The summed E-state index contributed by atoms with van der Waals surface area (Å²) in [5.41, 5.74) is 3.47. The van der Waals surface area contributed by atoms with Crippen LogP contribution in [-0.2, 0) is 4.79 Å². The van der Waals surface area contributed by atoms with Gasteiger partial charge in [-0.05, 0) is 36.8 Å². The summed E-state index contributed by atoms with van der Waals surface area (Å²) in [5, 5.41) is 17.4. The third-order valence-corrected chi connectivity index (χ3v) is 3.79. The number of hydrogen-bond acceptors (Lipinski definition) is 3. The Bertz CT molecular complexity index is 883. The normalized spacial score (nSPS) is 11.2. The van der Waals surface area contributed by atoms with Crippen LogP contribution in [0.5, 0.6) is 0 Å². The lowest BCUT2D eigenvalue weighted by Gasteiger charge is -2.20.